The van der Waals surface area contributed by atoms with Crippen molar-refractivity contribution in [2.45, 2.75) is 13.3 Å². The number of thioether (sulfide) groups is 1. The van der Waals surface area contributed by atoms with Crippen molar-refractivity contribution in [1.29, 1.82) is 0 Å². The second kappa shape index (κ2) is 5.80. The Morgan fingerprint density at radius 3 is 3.00 bits per heavy atom. The molecule has 0 unspecified atom stereocenters. The summed E-state index contributed by atoms with van der Waals surface area (Å²) in [6, 6.07) is 0. The number of Topliss-reactive ketones (excluding diaryl/α,β-unsaturated/α-hetero) is 1. The van der Waals surface area contributed by atoms with Gasteiger partial charge in [-0.1, -0.05) is 6.92 Å². The average molecular weight is 228 g/mol. The fourth-order valence-electron chi connectivity index (χ4n) is 1.26. The zero-order valence-corrected chi connectivity index (χ0v) is 10.1. The normalized spacial score (nSPS) is 10.3. The molecule has 0 fully saturated rings. The van der Waals surface area contributed by atoms with E-state index < -0.39 is 0 Å². The maximum absolute atomic E-state index is 11.8. The zero-order chi connectivity index (χ0) is 11.3. The number of aryl methyl sites for hydroxylation is 1. The molecule has 0 N–H and O–H groups in total. The number of hydrogen-bond acceptors (Lipinski definition) is 4. The summed E-state index contributed by atoms with van der Waals surface area (Å²) in [5.41, 5.74) is 0.557. The minimum Gasteiger partial charge on any atom is -0.493 e. The summed E-state index contributed by atoms with van der Waals surface area (Å²) in [5, 5.41) is 4.00. The van der Waals surface area contributed by atoms with Gasteiger partial charge in [0, 0.05) is 7.05 Å². The van der Waals surface area contributed by atoms with Crippen LogP contribution in [-0.4, -0.2) is 34.2 Å². The molecule has 0 saturated carbocycles. The van der Waals surface area contributed by atoms with E-state index in [1.807, 2.05) is 0 Å². The van der Waals surface area contributed by atoms with Gasteiger partial charge in [-0.05, 0) is 12.2 Å². The van der Waals surface area contributed by atoms with Crippen LogP contribution in [0, 0.1) is 0 Å². The summed E-state index contributed by atoms with van der Waals surface area (Å²) >= 11 is 1.64. The second-order valence-electron chi connectivity index (χ2n) is 3.16. The Hall–Kier alpha value is -0.970. The van der Waals surface area contributed by atoms with E-state index in [4.69, 9.17) is 4.74 Å². The van der Waals surface area contributed by atoms with Crippen LogP contribution in [-0.2, 0) is 7.05 Å². The lowest BCUT2D eigenvalue weighted by molar-refractivity contribution is 0.101. The molecule has 1 aromatic rings. The third-order valence-corrected chi connectivity index (χ3v) is 3.13. The van der Waals surface area contributed by atoms with Gasteiger partial charge >= 0.3 is 0 Å². The van der Waals surface area contributed by atoms with E-state index in [0.717, 1.165) is 12.2 Å². The van der Waals surface area contributed by atoms with Gasteiger partial charge in [0.25, 0.3) is 0 Å². The fraction of sp³-hybridized carbons (Fsp3) is 0.600. The van der Waals surface area contributed by atoms with Crippen LogP contribution in [0.5, 0.6) is 5.75 Å². The highest BCUT2D eigenvalue weighted by Crippen LogP contribution is 2.18. The Bertz CT molecular complexity index is 336. The Balaban J connectivity index is 2.67. The van der Waals surface area contributed by atoms with Crippen molar-refractivity contribution in [3.8, 4) is 5.75 Å². The van der Waals surface area contributed by atoms with E-state index in [1.165, 1.54) is 0 Å². The van der Waals surface area contributed by atoms with Gasteiger partial charge in [0.15, 0.2) is 11.5 Å². The number of ether oxygens (including phenoxy) is 1. The van der Waals surface area contributed by atoms with E-state index in [-0.39, 0.29) is 5.78 Å². The van der Waals surface area contributed by atoms with Crippen molar-refractivity contribution in [3.63, 3.8) is 0 Å². The number of rotatable bonds is 6. The molecule has 0 saturated heterocycles. The van der Waals surface area contributed by atoms with Crippen LogP contribution >= 0.6 is 11.8 Å². The number of carbonyl (C=O) groups is 1. The molecule has 0 amide bonds. The molecule has 1 aromatic heterocycles. The maximum Gasteiger partial charge on any atom is 0.194 e. The average Bonchev–Trinajstić information content (AvgIpc) is 2.59. The van der Waals surface area contributed by atoms with Crippen molar-refractivity contribution in [2.24, 2.45) is 7.05 Å². The Morgan fingerprint density at radius 2 is 2.40 bits per heavy atom. The molecular formula is C10H16N2O2S. The summed E-state index contributed by atoms with van der Waals surface area (Å²) in [5.74, 6) is 2.13. The first-order valence-corrected chi connectivity index (χ1v) is 6.03. The standard InChI is InChI=1S/C10H16N2O2S/c1-4-5-15-7-8(13)10-9(14-3)6-11-12(10)2/h6H,4-5,7H2,1-3H3. The molecule has 4 nitrogen and oxygen atoms in total. The fourth-order valence-corrected chi connectivity index (χ4v) is 2.02. The van der Waals surface area contributed by atoms with Crippen LogP contribution in [0.4, 0.5) is 0 Å². The van der Waals surface area contributed by atoms with Crippen LogP contribution in [0.2, 0.25) is 0 Å². The van der Waals surface area contributed by atoms with E-state index >= 15 is 0 Å². The number of methoxy groups -OCH3 is 1. The number of ketones is 1. The van der Waals surface area contributed by atoms with Crippen molar-refractivity contribution >= 4 is 17.5 Å². The molecule has 1 heterocycles. The van der Waals surface area contributed by atoms with Gasteiger partial charge in [0.1, 0.15) is 5.69 Å². The maximum atomic E-state index is 11.8. The zero-order valence-electron chi connectivity index (χ0n) is 9.32. The minimum atomic E-state index is 0.0744. The third-order valence-electron chi connectivity index (χ3n) is 1.97. The molecule has 0 aliphatic heterocycles. The van der Waals surface area contributed by atoms with Crippen molar-refractivity contribution in [3.05, 3.63) is 11.9 Å². The van der Waals surface area contributed by atoms with E-state index in [9.17, 15) is 4.79 Å². The first-order valence-electron chi connectivity index (χ1n) is 4.87. The second-order valence-corrected chi connectivity index (χ2v) is 4.27. The molecule has 5 heteroatoms. The highest BCUT2D eigenvalue weighted by molar-refractivity contribution is 7.99. The lowest BCUT2D eigenvalue weighted by Gasteiger charge is -2.03. The quantitative estimate of drug-likeness (QED) is 0.549. The monoisotopic (exact) mass is 228 g/mol. The van der Waals surface area contributed by atoms with Gasteiger partial charge in [-0.2, -0.15) is 16.9 Å². The molecule has 0 aliphatic rings. The summed E-state index contributed by atoms with van der Waals surface area (Å²) in [6.45, 7) is 2.10. The highest BCUT2D eigenvalue weighted by Gasteiger charge is 2.16. The summed E-state index contributed by atoms with van der Waals surface area (Å²) in [7, 11) is 3.30. The molecule has 0 aliphatic carbocycles. The lowest BCUT2D eigenvalue weighted by Crippen LogP contribution is -2.10. The van der Waals surface area contributed by atoms with Crippen LogP contribution in [0.15, 0.2) is 6.20 Å². The summed E-state index contributed by atoms with van der Waals surface area (Å²) in [6.07, 6.45) is 2.65. The SMILES string of the molecule is CCCSCC(=O)c1c(OC)cnn1C. The molecule has 15 heavy (non-hydrogen) atoms. The molecular weight excluding hydrogens is 212 g/mol. The molecule has 84 valence electrons. The van der Waals surface area contributed by atoms with E-state index in [2.05, 4.69) is 12.0 Å². The lowest BCUT2D eigenvalue weighted by atomic mass is 10.3. The Morgan fingerprint density at radius 1 is 1.67 bits per heavy atom. The third kappa shape index (κ3) is 2.99. The van der Waals surface area contributed by atoms with E-state index in [0.29, 0.717) is 17.2 Å². The molecule has 0 aromatic carbocycles. The predicted octanol–water partition coefficient (Wildman–Crippen LogP) is 1.75. The predicted molar refractivity (Wildman–Crippen MR) is 61.7 cm³/mol. The van der Waals surface area contributed by atoms with Crippen molar-refractivity contribution < 1.29 is 9.53 Å². The largest absolute Gasteiger partial charge is 0.493 e. The van der Waals surface area contributed by atoms with Crippen molar-refractivity contribution in [1.82, 2.24) is 9.78 Å². The van der Waals surface area contributed by atoms with Gasteiger partial charge < -0.3 is 4.74 Å². The van der Waals surface area contributed by atoms with Gasteiger partial charge in [-0.3, -0.25) is 9.48 Å². The molecule has 0 radical (unpaired) electrons. The van der Waals surface area contributed by atoms with Gasteiger partial charge in [0.05, 0.1) is 19.1 Å². The first-order chi connectivity index (χ1) is 7.20. The summed E-state index contributed by atoms with van der Waals surface area (Å²) in [4.78, 5) is 11.8. The van der Waals surface area contributed by atoms with Crippen LogP contribution in [0.3, 0.4) is 0 Å². The summed E-state index contributed by atoms with van der Waals surface area (Å²) < 4.78 is 6.64. The van der Waals surface area contributed by atoms with Gasteiger partial charge in [-0.25, -0.2) is 0 Å². The first kappa shape index (κ1) is 12.1. The number of carbonyl (C=O) groups excluding carboxylic acids is 1. The minimum absolute atomic E-state index is 0.0744. The number of hydrogen-bond donors (Lipinski definition) is 0. The van der Waals surface area contributed by atoms with Crippen LogP contribution < -0.4 is 4.74 Å². The molecule has 1 rings (SSSR count). The Kier molecular flexibility index (Phi) is 4.68. The highest BCUT2D eigenvalue weighted by atomic mass is 32.2. The molecule has 0 spiro atoms. The smallest absolute Gasteiger partial charge is 0.194 e. The Labute approximate surface area is 94.0 Å². The van der Waals surface area contributed by atoms with Gasteiger partial charge in [-0.15, -0.1) is 0 Å². The molecule has 0 bridgehead atoms. The van der Waals surface area contributed by atoms with Crippen molar-refractivity contribution in [2.75, 3.05) is 18.6 Å². The van der Waals surface area contributed by atoms with E-state index in [1.54, 1.807) is 36.8 Å². The van der Waals surface area contributed by atoms with Gasteiger partial charge in [0.2, 0.25) is 0 Å². The number of aromatic nitrogens is 2. The van der Waals surface area contributed by atoms with Crippen LogP contribution in [0.1, 0.15) is 23.8 Å². The van der Waals surface area contributed by atoms with Crippen LogP contribution in [0.25, 0.3) is 0 Å². The topological polar surface area (TPSA) is 44.1 Å². The molecule has 0 atom stereocenters. The number of nitrogens with zero attached hydrogens (tertiary/aromatic N) is 2.